The second kappa shape index (κ2) is 4.36. The maximum atomic E-state index is 11.9. The highest BCUT2D eigenvalue weighted by Crippen LogP contribution is 2.18. The summed E-state index contributed by atoms with van der Waals surface area (Å²) >= 11 is 1.24. The Labute approximate surface area is 112 Å². The van der Waals surface area contributed by atoms with E-state index < -0.39 is 0 Å². The van der Waals surface area contributed by atoms with E-state index >= 15 is 0 Å². The third kappa shape index (κ3) is 2.27. The van der Waals surface area contributed by atoms with Crippen LogP contribution in [-0.2, 0) is 0 Å². The number of nitrogens with two attached hydrogens (primary N) is 1. The molecule has 7 heteroatoms. The smallest absolute Gasteiger partial charge is 0.275 e. The van der Waals surface area contributed by atoms with Gasteiger partial charge in [0.15, 0.2) is 5.13 Å². The molecular formula is C12H11N5OS. The van der Waals surface area contributed by atoms with E-state index in [9.17, 15) is 4.79 Å². The topological polar surface area (TPSA) is 96.7 Å². The predicted octanol–water partition coefficient (Wildman–Crippen LogP) is 2.16. The van der Waals surface area contributed by atoms with Gasteiger partial charge in [0.2, 0.25) is 0 Å². The van der Waals surface area contributed by atoms with E-state index in [2.05, 4.69) is 20.3 Å². The summed E-state index contributed by atoms with van der Waals surface area (Å²) in [4.78, 5) is 23.3. The molecule has 0 atom stereocenters. The minimum absolute atomic E-state index is 0.275. The lowest BCUT2D eigenvalue weighted by Gasteiger charge is -2.02. The highest BCUT2D eigenvalue weighted by molar-refractivity contribution is 7.13. The van der Waals surface area contributed by atoms with E-state index in [4.69, 9.17) is 5.73 Å². The Morgan fingerprint density at radius 1 is 1.42 bits per heavy atom. The van der Waals surface area contributed by atoms with E-state index in [0.717, 1.165) is 16.9 Å². The van der Waals surface area contributed by atoms with Crippen LogP contribution in [0.5, 0.6) is 0 Å². The summed E-state index contributed by atoms with van der Waals surface area (Å²) in [6.07, 6.45) is 0. The Bertz CT molecular complexity index is 760. The van der Waals surface area contributed by atoms with Gasteiger partial charge in [-0.2, -0.15) is 0 Å². The second-order valence-corrected chi connectivity index (χ2v) is 4.97. The quantitative estimate of drug-likeness (QED) is 0.666. The Morgan fingerprint density at radius 3 is 3.00 bits per heavy atom. The molecule has 0 aliphatic heterocycles. The van der Waals surface area contributed by atoms with Gasteiger partial charge in [0.1, 0.15) is 11.5 Å². The van der Waals surface area contributed by atoms with Gasteiger partial charge in [-0.15, -0.1) is 11.3 Å². The van der Waals surface area contributed by atoms with Crippen LogP contribution < -0.4 is 11.1 Å². The number of rotatable bonds is 2. The number of aromatic nitrogens is 3. The van der Waals surface area contributed by atoms with E-state index in [-0.39, 0.29) is 5.91 Å². The molecule has 4 N–H and O–H groups in total. The summed E-state index contributed by atoms with van der Waals surface area (Å²) in [5.74, 6) is 0.564. The zero-order valence-corrected chi connectivity index (χ0v) is 10.9. The molecule has 2 aromatic heterocycles. The molecule has 96 valence electrons. The van der Waals surface area contributed by atoms with Crippen molar-refractivity contribution in [1.29, 1.82) is 0 Å². The molecule has 0 saturated heterocycles. The number of amides is 1. The van der Waals surface area contributed by atoms with Crippen LogP contribution in [0.4, 0.5) is 10.8 Å². The number of imidazole rings is 1. The minimum Gasteiger partial charge on any atom is -0.375 e. The number of hydrogen-bond donors (Lipinski definition) is 3. The van der Waals surface area contributed by atoms with Crippen molar-refractivity contribution in [3.63, 3.8) is 0 Å². The van der Waals surface area contributed by atoms with Gasteiger partial charge in [-0.25, -0.2) is 9.97 Å². The van der Waals surface area contributed by atoms with Crippen molar-refractivity contribution in [2.75, 3.05) is 11.1 Å². The van der Waals surface area contributed by atoms with Gasteiger partial charge in [0.25, 0.3) is 5.91 Å². The molecule has 3 rings (SSSR count). The molecule has 1 amide bonds. The molecule has 0 fully saturated rings. The van der Waals surface area contributed by atoms with E-state index in [1.807, 2.05) is 19.1 Å². The van der Waals surface area contributed by atoms with Gasteiger partial charge < -0.3 is 16.0 Å². The molecule has 1 aromatic carbocycles. The number of nitrogen functional groups attached to an aromatic ring is 1. The summed E-state index contributed by atoms with van der Waals surface area (Å²) in [6.45, 7) is 1.89. The standard InChI is InChI=1S/C12H11N5OS/c1-6-14-8-3-2-7(4-9(8)15-6)16-11(18)10-5-19-12(13)17-10/h2-5H,1H3,(H2,13,17)(H,14,15)(H,16,18). The molecule has 2 heterocycles. The molecule has 0 bridgehead atoms. The van der Waals surface area contributed by atoms with Gasteiger partial charge in [0, 0.05) is 11.1 Å². The van der Waals surface area contributed by atoms with E-state index in [1.165, 1.54) is 11.3 Å². The Hall–Kier alpha value is -2.41. The SMILES string of the molecule is Cc1nc2ccc(NC(=O)c3csc(N)n3)cc2[nH]1. The fraction of sp³-hybridized carbons (Fsp3) is 0.0833. The number of carbonyl (C=O) groups is 1. The van der Waals surface area contributed by atoms with Gasteiger partial charge in [-0.05, 0) is 25.1 Å². The van der Waals surface area contributed by atoms with Gasteiger partial charge in [0.05, 0.1) is 11.0 Å². The van der Waals surface area contributed by atoms with Crippen LogP contribution in [0.1, 0.15) is 16.3 Å². The van der Waals surface area contributed by atoms with Crippen molar-refractivity contribution < 1.29 is 4.79 Å². The second-order valence-electron chi connectivity index (χ2n) is 4.08. The van der Waals surface area contributed by atoms with Crippen molar-refractivity contribution in [2.45, 2.75) is 6.92 Å². The van der Waals surface area contributed by atoms with Gasteiger partial charge >= 0.3 is 0 Å². The number of thiazole rings is 1. The zero-order chi connectivity index (χ0) is 13.4. The number of anilines is 2. The van der Waals surface area contributed by atoms with Crippen LogP contribution in [0.15, 0.2) is 23.6 Å². The first-order chi connectivity index (χ1) is 9.11. The highest BCUT2D eigenvalue weighted by Gasteiger charge is 2.10. The largest absolute Gasteiger partial charge is 0.375 e. The molecule has 0 aliphatic rings. The van der Waals surface area contributed by atoms with E-state index in [0.29, 0.717) is 16.5 Å². The number of fused-ring (bicyclic) bond motifs is 1. The number of carbonyl (C=O) groups excluding carboxylic acids is 1. The molecule has 6 nitrogen and oxygen atoms in total. The first kappa shape index (κ1) is 11.7. The van der Waals surface area contributed by atoms with Crippen LogP contribution in [-0.4, -0.2) is 20.9 Å². The normalized spacial score (nSPS) is 10.8. The van der Waals surface area contributed by atoms with Crippen molar-refractivity contribution in [3.8, 4) is 0 Å². The van der Waals surface area contributed by atoms with Crippen LogP contribution in [0.3, 0.4) is 0 Å². The Morgan fingerprint density at radius 2 is 2.26 bits per heavy atom. The molecular weight excluding hydrogens is 262 g/mol. The lowest BCUT2D eigenvalue weighted by molar-refractivity contribution is 0.102. The zero-order valence-electron chi connectivity index (χ0n) is 10.1. The number of aromatic amines is 1. The summed E-state index contributed by atoms with van der Waals surface area (Å²) < 4.78 is 0. The number of nitrogens with one attached hydrogen (secondary N) is 2. The summed E-state index contributed by atoms with van der Waals surface area (Å²) in [5.41, 5.74) is 8.26. The monoisotopic (exact) mass is 273 g/mol. The maximum absolute atomic E-state index is 11.9. The molecule has 0 aliphatic carbocycles. The molecule has 0 radical (unpaired) electrons. The van der Waals surface area contributed by atoms with Crippen molar-refractivity contribution >= 4 is 39.1 Å². The van der Waals surface area contributed by atoms with E-state index in [1.54, 1.807) is 11.4 Å². The summed E-state index contributed by atoms with van der Waals surface area (Å²) in [7, 11) is 0. The highest BCUT2D eigenvalue weighted by atomic mass is 32.1. The van der Waals surface area contributed by atoms with Crippen LogP contribution in [0.25, 0.3) is 11.0 Å². The maximum Gasteiger partial charge on any atom is 0.275 e. The summed E-state index contributed by atoms with van der Waals surface area (Å²) in [6, 6.07) is 5.49. The van der Waals surface area contributed by atoms with Gasteiger partial charge in [-0.3, -0.25) is 4.79 Å². The fourth-order valence-electron chi connectivity index (χ4n) is 1.80. The average Bonchev–Trinajstić information content (AvgIpc) is 2.93. The lowest BCUT2D eigenvalue weighted by atomic mass is 10.2. The fourth-order valence-corrected chi connectivity index (χ4v) is 2.35. The molecule has 3 aromatic rings. The van der Waals surface area contributed by atoms with Crippen molar-refractivity contribution in [3.05, 3.63) is 35.1 Å². The molecule has 0 spiro atoms. The number of hydrogen-bond acceptors (Lipinski definition) is 5. The third-order valence-electron chi connectivity index (χ3n) is 2.61. The first-order valence-electron chi connectivity index (χ1n) is 5.60. The number of aryl methyl sites for hydroxylation is 1. The van der Waals surface area contributed by atoms with Gasteiger partial charge in [-0.1, -0.05) is 0 Å². The number of H-pyrrole nitrogens is 1. The number of benzene rings is 1. The molecule has 19 heavy (non-hydrogen) atoms. The van der Waals surface area contributed by atoms with Crippen LogP contribution in [0.2, 0.25) is 0 Å². The number of nitrogens with zero attached hydrogens (tertiary/aromatic N) is 2. The summed E-state index contributed by atoms with van der Waals surface area (Å²) in [5, 5.41) is 4.78. The third-order valence-corrected chi connectivity index (χ3v) is 3.29. The van der Waals surface area contributed by atoms with Crippen molar-refractivity contribution in [1.82, 2.24) is 15.0 Å². The molecule has 0 unspecified atom stereocenters. The first-order valence-corrected chi connectivity index (χ1v) is 6.48. The minimum atomic E-state index is -0.275. The Kier molecular flexibility index (Phi) is 2.68. The predicted molar refractivity (Wildman–Crippen MR) is 75.3 cm³/mol. The lowest BCUT2D eigenvalue weighted by Crippen LogP contribution is -2.12. The van der Waals surface area contributed by atoms with Crippen LogP contribution in [0, 0.1) is 6.92 Å². The van der Waals surface area contributed by atoms with Crippen LogP contribution >= 0.6 is 11.3 Å². The molecule has 0 saturated carbocycles. The average molecular weight is 273 g/mol. The van der Waals surface area contributed by atoms with Crippen molar-refractivity contribution in [2.24, 2.45) is 0 Å². The Balaban J connectivity index is 1.86.